The Morgan fingerprint density at radius 2 is 2.00 bits per heavy atom. The normalized spacial score (nSPS) is 10.1. The molecule has 22 heavy (non-hydrogen) atoms. The molecule has 0 amide bonds. The van der Waals surface area contributed by atoms with Crippen LogP contribution in [0, 0.1) is 15.9 Å². The lowest BCUT2D eigenvalue weighted by atomic mass is 10.2. The van der Waals surface area contributed by atoms with Crippen molar-refractivity contribution in [2.45, 2.75) is 4.90 Å². The van der Waals surface area contributed by atoms with E-state index >= 15 is 0 Å². The van der Waals surface area contributed by atoms with Crippen molar-refractivity contribution in [1.29, 1.82) is 0 Å². The molecule has 3 rings (SSSR count). The van der Waals surface area contributed by atoms with Crippen LogP contribution in [0.15, 0.2) is 47.5 Å². The first kappa shape index (κ1) is 16.1. The number of nitro benzene ring substituents is 1. The molecular weight excluding hydrogens is 329 g/mol. The zero-order valence-electron chi connectivity index (χ0n) is 11.1. The summed E-state index contributed by atoms with van der Waals surface area (Å²) < 4.78 is 12.5. The van der Waals surface area contributed by atoms with E-state index in [2.05, 4.69) is 17.6 Å². The number of halogens is 2. The van der Waals surface area contributed by atoms with Crippen LogP contribution in [0.25, 0.3) is 10.9 Å². The number of hydrogen-bond acceptors (Lipinski definition) is 4. The third-order valence-electron chi connectivity index (χ3n) is 2.82. The fraction of sp³-hybridized carbons (Fsp3) is 0. The van der Waals surface area contributed by atoms with Crippen molar-refractivity contribution in [2.24, 2.45) is 0 Å². The first-order chi connectivity index (χ1) is 10.4. The Morgan fingerprint density at radius 1 is 1.27 bits per heavy atom. The third-order valence-corrected chi connectivity index (χ3v) is 3.42. The van der Waals surface area contributed by atoms with Crippen molar-refractivity contribution < 1.29 is 9.31 Å². The van der Waals surface area contributed by atoms with E-state index in [1.165, 1.54) is 0 Å². The molecule has 0 fully saturated rings. The molecule has 1 aromatic heterocycles. The highest BCUT2D eigenvalue weighted by Crippen LogP contribution is 2.23. The predicted molar refractivity (Wildman–Crippen MR) is 88.0 cm³/mol. The lowest BCUT2D eigenvalue weighted by molar-refractivity contribution is -0.385. The molecule has 0 spiro atoms. The molecule has 0 saturated carbocycles. The van der Waals surface area contributed by atoms with E-state index in [9.17, 15) is 14.5 Å². The average Bonchev–Trinajstić information content (AvgIpc) is 2.83. The molecule has 0 bridgehead atoms. The highest BCUT2D eigenvalue weighted by Gasteiger charge is 2.07. The van der Waals surface area contributed by atoms with Crippen molar-refractivity contribution >= 4 is 46.5 Å². The molecule has 0 saturated heterocycles. The second-order valence-electron chi connectivity index (χ2n) is 4.33. The van der Waals surface area contributed by atoms with Crippen LogP contribution < -0.4 is 5.73 Å². The molecule has 3 aromatic rings. The lowest BCUT2D eigenvalue weighted by Gasteiger charge is -1.94. The zero-order valence-corrected chi connectivity index (χ0v) is 12.7. The fourth-order valence-electron chi connectivity index (χ4n) is 1.71. The molecule has 0 aliphatic rings. The molecule has 0 atom stereocenters. The maximum atomic E-state index is 12.5. The van der Waals surface area contributed by atoms with E-state index in [0.717, 1.165) is 39.0 Å². The number of nitrogens with one attached hydrogen (secondary N) is 1. The second-order valence-corrected chi connectivity index (χ2v) is 5.24. The van der Waals surface area contributed by atoms with E-state index in [0.29, 0.717) is 0 Å². The van der Waals surface area contributed by atoms with E-state index in [4.69, 9.17) is 17.3 Å². The Hall–Kier alpha value is -2.25. The number of H-pyrrole nitrogens is 1. The van der Waals surface area contributed by atoms with Crippen molar-refractivity contribution in [3.8, 4) is 0 Å². The number of rotatable bonds is 1. The number of aromatic amines is 1. The maximum absolute atomic E-state index is 12.5. The van der Waals surface area contributed by atoms with Crippen LogP contribution in [0.5, 0.6) is 0 Å². The summed E-state index contributed by atoms with van der Waals surface area (Å²) in [6, 6.07) is 8.80. The Balaban J connectivity index is 0.000000160. The number of hydrogen-bond donors (Lipinski definition) is 3. The Kier molecular flexibility index (Phi) is 4.89. The molecule has 8 heteroatoms. The van der Waals surface area contributed by atoms with Crippen molar-refractivity contribution in [2.75, 3.05) is 5.73 Å². The Labute approximate surface area is 135 Å². The monoisotopic (exact) mass is 339 g/mol. The van der Waals surface area contributed by atoms with Gasteiger partial charge in [0.15, 0.2) is 5.82 Å². The Morgan fingerprint density at radius 3 is 2.64 bits per heavy atom. The minimum absolute atomic E-state index is 0.0874. The van der Waals surface area contributed by atoms with Crippen LogP contribution in [0.2, 0.25) is 5.02 Å². The summed E-state index contributed by atoms with van der Waals surface area (Å²) in [5.41, 5.74) is 5.74. The van der Waals surface area contributed by atoms with Gasteiger partial charge in [-0.3, -0.25) is 10.1 Å². The number of thiol groups is 1. The number of benzene rings is 2. The van der Waals surface area contributed by atoms with Gasteiger partial charge in [-0.15, -0.1) is 12.6 Å². The smallest absolute Gasteiger partial charge is 0.272 e. The van der Waals surface area contributed by atoms with Gasteiger partial charge in [-0.25, -0.2) is 4.39 Å². The number of nitro groups is 1. The predicted octanol–water partition coefficient (Wildman–Crippen LogP) is 4.43. The van der Waals surface area contributed by atoms with E-state index in [1.54, 1.807) is 0 Å². The molecule has 3 N–H and O–H groups in total. The summed E-state index contributed by atoms with van der Waals surface area (Å²) in [5, 5.41) is 11.9. The molecule has 0 aliphatic carbocycles. The quantitative estimate of drug-likeness (QED) is 0.265. The van der Waals surface area contributed by atoms with Crippen LogP contribution in [0.1, 0.15) is 0 Å². The van der Waals surface area contributed by atoms with Crippen molar-refractivity contribution in [3.63, 3.8) is 0 Å². The SMILES string of the molecule is Nc1ccc([N+](=O)[O-])cc1F.Sc1c[nH]c2cc(Cl)ccc12. The number of nitrogens with two attached hydrogens (primary N) is 1. The Bertz CT molecular complexity index is 838. The van der Waals surface area contributed by atoms with Gasteiger partial charge in [0.1, 0.15) is 0 Å². The van der Waals surface area contributed by atoms with Crippen LogP contribution in [0.3, 0.4) is 0 Å². The van der Waals surface area contributed by atoms with Crippen molar-refractivity contribution in [1.82, 2.24) is 4.98 Å². The van der Waals surface area contributed by atoms with E-state index < -0.39 is 10.7 Å². The standard InChI is InChI=1S/C8H6ClNS.C6H5FN2O2/c9-5-1-2-6-7(3-5)10-4-8(6)11;7-5-3-4(9(10)11)1-2-6(5)8/h1-4,10-11H;1-3H,8H2. The molecule has 1 heterocycles. The summed E-state index contributed by atoms with van der Waals surface area (Å²) in [4.78, 5) is 13.4. The van der Waals surface area contributed by atoms with Crippen LogP contribution >= 0.6 is 24.2 Å². The van der Waals surface area contributed by atoms with Gasteiger partial charge in [0.05, 0.1) is 16.7 Å². The second kappa shape index (κ2) is 6.67. The molecule has 0 radical (unpaired) electrons. The number of fused-ring (bicyclic) bond motifs is 1. The van der Waals surface area contributed by atoms with Gasteiger partial charge in [0.2, 0.25) is 0 Å². The molecule has 2 aromatic carbocycles. The summed E-state index contributed by atoms with van der Waals surface area (Å²) in [7, 11) is 0. The van der Waals surface area contributed by atoms with E-state index in [-0.39, 0.29) is 11.4 Å². The number of nitrogen functional groups attached to an aromatic ring is 1. The first-order valence-electron chi connectivity index (χ1n) is 6.03. The van der Waals surface area contributed by atoms with Gasteiger partial charge in [0, 0.05) is 33.1 Å². The molecule has 0 unspecified atom stereocenters. The summed E-state index contributed by atoms with van der Waals surface area (Å²) >= 11 is 10.0. The number of aromatic nitrogens is 1. The molecule has 0 aliphatic heterocycles. The third kappa shape index (κ3) is 3.69. The zero-order chi connectivity index (χ0) is 16.3. The maximum Gasteiger partial charge on any atom is 0.272 e. The van der Waals surface area contributed by atoms with Gasteiger partial charge >= 0.3 is 0 Å². The highest BCUT2D eigenvalue weighted by molar-refractivity contribution is 7.80. The fourth-order valence-corrected chi connectivity index (χ4v) is 2.14. The topological polar surface area (TPSA) is 84.9 Å². The minimum Gasteiger partial charge on any atom is -0.396 e. The van der Waals surface area contributed by atoms with E-state index in [1.807, 2.05) is 24.4 Å². The van der Waals surface area contributed by atoms with Crippen LogP contribution in [-0.2, 0) is 0 Å². The summed E-state index contributed by atoms with van der Waals surface area (Å²) in [6.45, 7) is 0. The summed E-state index contributed by atoms with van der Waals surface area (Å²) in [6.07, 6.45) is 1.85. The first-order valence-corrected chi connectivity index (χ1v) is 6.86. The number of nitrogens with zero attached hydrogens (tertiary/aromatic N) is 1. The average molecular weight is 340 g/mol. The van der Waals surface area contributed by atoms with Crippen molar-refractivity contribution in [3.05, 3.63) is 63.5 Å². The lowest BCUT2D eigenvalue weighted by Crippen LogP contribution is -1.93. The molecule has 5 nitrogen and oxygen atoms in total. The van der Waals surface area contributed by atoms with Gasteiger partial charge < -0.3 is 10.7 Å². The molecular formula is C14H11ClFN3O2S. The summed E-state index contributed by atoms with van der Waals surface area (Å²) in [5.74, 6) is -0.765. The van der Waals surface area contributed by atoms with Gasteiger partial charge in [-0.2, -0.15) is 0 Å². The highest BCUT2D eigenvalue weighted by atomic mass is 35.5. The van der Waals surface area contributed by atoms with Crippen LogP contribution in [-0.4, -0.2) is 9.91 Å². The number of non-ortho nitro benzene ring substituents is 1. The largest absolute Gasteiger partial charge is 0.396 e. The van der Waals surface area contributed by atoms with Gasteiger partial charge in [-0.1, -0.05) is 17.7 Å². The minimum atomic E-state index is -0.765. The van der Waals surface area contributed by atoms with Gasteiger partial charge in [-0.05, 0) is 18.2 Å². The number of anilines is 1. The molecule has 114 valence electrons. The van der Waals surface area contributed by atoms with Gasteiger partial charge in [0.25, 0.3) is 5.69 Å². The van der Waals surface area contributed by atoms with Crippen LogP contribution in [0.4, 0.5) is 15.8 Å².